The molecule has 0 spiro atoms. The van der Waals surface area contributed by atoms with Gasteiger partial charge in [-0.15, -0.1) is 0 Å². The van der Waals surface area contributed by atoms with Crippen LogP contribution in [0.1, 0.15) is 36.0 Å². The van der Waals surface area contributed by atoms with Gasteiger partial charge >= 0.3 is 5.97 Å². The Kier molecular flexibility index (Phi) is 4.68. The second-order valence-electron chi connectivity index (χ2n) is 3.87. The van der Waals surface area contributed by atoms with Crippen LogP contribution in [-0.2, 0) is 4.79 Å². The maximum absolute atomic E-state index is 11.6. The number of hydrogen-bond donors (Lipinski definition) is 2. The van der Waals surface area contributed by atoms with Gasteiger partial charge in [-0.1, -0.05) is 18.5 Å². The van der Waals surface area contributed by atoms with Gasteiger partial charge in [0.1, 0.15) is 0 Å². The Bertz CT molecular complexity index is 400. The minimum atomic E-state index is -0.902. The highest BCUT2D eigenvalue weighted by Crippen LogP contribution is 2.06. The van der Waals surface area contributed by atoms with Crippen LogP contribution in [0.25, 0.3) is 0 Å². The third kappa shape index (κ3) is 3.90. The van der Waals surface area contributed by atoms with E-state index in [0.717, 1.165) is 6.42 Å². The van der Waals surface area contributed by atoms with Gasteiger partial charge in [0.05, 0.1) is 11.6 Å². The molecule has 0 aliphatic heterocycles. The summed E-state index contributed by atoms with van der Waals surface area (Å²) >= 11 is 0. The highest BCUT2D eigenvalue weighted by Gasteiger charge is 2.19. The number of aryl methyl sites for hydroxylation is 1. The maximum Gasteiger partial charge on any atom is 0.308 e. The van der Waals surface area contributed by atoms with Crippen LogP contribution in [0.3, 0.4) is 0 Å². The van der Waals surface area contributed by atoms with Crippen LogP contribution in [0.4, 0.5) is 0 Å². The molecule has 0 saturated heterocycles. The molecular weight excluding hydrogens is 224 g/mol. The van der Waals surface area contributed by atoms with E-state index in [1.165, 1.54) is 6.07 Å². The van der Waals surface area contributed by atoms with Crippen LogP contribution >= 0.6 is 0 Å². The van der Waals surface area contributed by atoms with Crippen LogP contribution in [0.15, 0.2) is 10.6 Å². The summed E-state index contributed by atoms with van der Waals surface area (Å²) in [5.74, 6) is -1.80. The van der Waals surface area contributed by atoms with Gasteiger partial charge in [0, 0.05) is 12.6 Å². The molecule has 0 saturated carbocycles. The van der Waals surface area contributed by atoms with E-state index in [1.807, 2.05) is 6.92 Å². The summed E-state index contributed by atoms with van der Waals surface area (Å²) in [4.78, 5) is 22.4. The molecule has 1 heterocycles. The average molecular weight is 240 g/mol. The summed E-state index contributed by atoms with van der Waals surface area (Å²) in [5.41, 5.74) is 0.610. The SMILES string of the molecule is CCCC(CNC(=O)c1cc(C)no1)C(=O)O. The van der Waals surface area contributed by atoms with Crippen molar-refractivity contribution in [3.63, 3.8) is 0 Å². The molecule has 94 valence electrons. The van der Waals surface area contributed by atoms with Crippen LogP contribution in [0, 0.1) is 12.8 Å². The largest absolute Gasteiger partial charge is 0.481 e. The molecule has 0 bridgehead atoms. The molecule has 0 fully saturated rings. The molecule has 0 radical (unpaired) electrons. The van der Waals surface area contributed by atoms with Crippen molar-refractivity contribution in [3.8, 4) is 0 Å². The van der Waals surface area contributed by atoms with Crippen molar-refractivity contribution in [2.24, 2.45) is 5.92 Å². The molecule has 1 unspecified atom stereocenters. The fourth-order valence-electron chi connectivity index (χ4n) is 1.43. The van der Waals surface area contributed by atoms with E-state index in [2.05, 4.69) is 10.5 Å². The van der Waals surface area contributed by atoms with Crippen molar-refractivity contribution >= 4 is 11.9 Å². The van der Waals surface area contributed by atoms with Gasteiger partial charge in [-0.25, -0.2) is 0 Å². The molecule has 1 aromatic rings. The Hall–Kier alpha value is -1.85. The van der Waals surface area contributed by atoms with Gasteiger partial charge in [-0.05, 0) is 13.3 Å². The van der Waals surface area contributed by atoms with Gasteiger partial charge in [-0.3, -0.25) is 9.59 Å². The van der Waals surface area contributed by atoms with E-state index in [9.17, 15) is 9.59 Å². The molecule has 1 atom stereocenters. The molecule has 17 heavy (non-hydrogen) atoms. The standard InChI is InChI=1S/C11H16N2O4/c1-3-4-8(11(15)16)6-12-10(14)9-5-7(2)13-17-9/h5,8H,3-4,6H2,1-2H3,(H,12,14)(H,15,16). The van der Waals surface area contributed by atoms with Crippen molar-refractivity contribution in [1.82, 2.24) is 10.5 Å². The lowest BCUT2D eigenvalue weighted by Gasteiger charge is -2.11. The van der Waals surface area contributed by atoms with Gasteiger partial charge in [0.25, 0.3) is 5.91 Å². The number of carbonyl (C=O) groups is 2. The van der Waals surface area contributed by atoms with Crippen molar-refractivity contribution in [3.05, 3.63) is 17.5 Å². The quantitative estimate of drug-likeness (QED) is 0.779. The molecule has 1 rings (SSSR count). The number of amides is 1. The normalized spacial score (nSPS) is 12.1. The van der Waals surface area contributed by atoms with Crippen LogP contribution < -0.4 is 5.32 Å². The number of carboxylic acid groups (broad SMARTS) is 1. The Morgan fingerprint density at radius 3 is 2.76 bits per heavy atom. The summed E-state index contributed by atoms with van der Waals surface area (Å²) in [7, 11) is 0. The van der Waals surface area contributed by atoms with E-state index in [-0.39, 0.29) is 12.3 Å². The first kappa shape index (κ1) is 13.2. The van der Waals surface area contributed by atoms with Crippen molar-refractivity contribution in [2.45, 2.75) is 26.7 Å². The summed E-state index contributed by atoms with van der Waals surface area (Å²) < 4.78 is 4.77. The smallest absolute Gasteiger partial charge is 0.308 e. The Morgan fingerprint density at radius 2 is 2.29 bits per heavy atom. The van der Waals surface area contributed by atoms with Crippen LogP contribution in [-0.4, -0.2) is 28.7 Å². The first-order valence-corrected chi connectivity index (χ1v) is 5.49. The lowest BCUT2D eigenvalue weighted by molar-refractivity contribution is -0.141. The van der Waals surface area contributed by atoms with E-state index in [4.69, 9.17) is 9.63 Å². The zero-order valence-electron chi connectivity index (χ0n) is 9.90. The third-order valence-electron chi connectivity index (χ3n) is 2.35. The number of carbonyl (C=O) groups excluding carboxylic acids is 1. The first-order valence-electron chi connectivity index (χ1n) is 5.49. The Labute approximate surface area is 99.0 Å². The second-order valence-corrected chi connectivity index (χ2v) is 3.87. The Balaban J connectivity index is 2.49. The van der Waals surface area contributed by atoms with Gasteiger partial charge in [0.15, 0.2) is 0 Å². The number of hydrogen-bond acceptors (Lipinski definition) is 4. The predicted octanol–water partition coefficient (Wildman–Crippen LogP) is 1.21. The molecular formula is C11H16N2O4. The zero-order valence-corrected chi connectivity index (χ0v) is 9.90. The summed E-state index contributed by atoms with van der Waals surface area (Å²) in [6, 6.07) is 1.50. The fraction of sp³-hybridized carbons (Fsp3) is 0.545. The monoisotopic (exact) mass is 240 g/mol. The van der Waals surface area contributed by atoms with Crippen molar-refractivity contribution < 1.29 is 19.2 Å². The van der Waals surface area contributed by atoms with E-state index < -0.39 is 17.8 Å². The van der Waals surface area contributed by atoms with E-state index >= 15 is 0 Å². The number of rotatable bonds is 6. The van der Waals surface area contributed by atoms with Crippen LogP contribution in [0.5, 0.6) is 0 Å². The topological polar surface area (TPSA) is 92.4 Å². The van der Waals surface area contributed by atoms with Crippen molar-refractivity contribution in [2.75, 3.05) is 6.54 Å². The highest BCUT2D eigenvalue weighted by molar-refractivity contribution is 5.91. The van der Waals surface area contributed by atoms with E-state index in [0.29, 0.717) is 12.1 Å². The first-order chi connectivity index (χ1) is 8.04. The predicted molar refractivity (Wildman–Crippen MR) is 59.6 cm³/mol. The minimum absolute atomic E-state index is 0.0990. The molecule has 0 aromatic carbocycles. The molecule has 6 heteroatoms. The minimum Gasteiger partial charge on any atom is -0.481 e. The van der Waals surface area contributed by atoms with E-state index in [1.54, 1.807) is 6.92 Å². The van der Waals surface area contributed by atoms with Gasteiger partial charge < -0.3 is 14.9 Å². The molecule has 1 amide bonds. The van der Waals surface area contributed by atoms with Gasteiger partial charge in [0.2, 0.25) is 5.76 Å². The molecule has 0 aliphatic rings. The molecule has 0 aliphatic carbocycles. The third-order valence-corrected chi connectivity index (χ3v) is 2.35. The van der Waals surface area contributed by atoms with Gasteiger partial charge in [-0.2, -0.15) is 0 Å². The Morgan fingerprint density at radius 1 is 1.59 bits per heavy atom. The number of nitrogens with one attached hydrogen (secondary N) is 1. The number of nitrogens with zero attached hydrogens (tertiary/aromatic N) is 1. The summed E-state index contributed by atoms with van der Waals surface area (Å²) in [6.07, 6.45) is 1.29. The summed E-state index contributed by atoms with van der Waals surface area (Å²) in [6.45, 7) is 3.71. The average Bonchev–Trinajstić information content (AvgIpc) is 2.70. The van der Waals surface area contributed by atoms with Crippen molar-refractivity contribution in [1.29, 1.82) is 0 Å². The lowest BCUT2D eigenvalue weighted by atomic mass is 10.0. The maximum atomic E-state index is 11.6. The highest BCUT2D eigenvalue weighted by atomic mass is 16.5. The lowest BCUT2D eigenvalue weighted by Crippen LogP contribution is -2.32. The zero-order chi connectivity index (χ0) is 12.8. The molecule has 6 nitrogen and oxygen atoms in total. The fourth-order valence-corrected chi connectivity index (χ4v) is 1.43. The molecule has 1 aromatic heterocycles. The number of aromatic nitrogens is 1. The second kappa shape index (κ2) is 6.03. The number of carboxylic acids is 1. The number of aliphatic carboxylic acids is 1. The summed E-state index contributed by atoms with van der Waals surface area (Å²) in [5, 5.41) is 15.0. The molecule has 2 N–H and O–H groups in total. The van der Waals surface area contributed by atoms with Crippen LogP contribution in [0.2, 0.25) is 0 Å².